The molecule has 0 saturated heterocycles. The molecule has 7 heteroatoms. The van der Waals surface area contributed by atoms with E-state index in [-0.39, 0.29) is 17.6 Å². The van der Waals surface area contributed by atoms with Gasteiger partial charge in [-0.1, -0.05) is 28.9 Å². The van der Waals surface area contributed by atoms with Crippen LogP contribution in [0.5, 0.6) is 0 Å². The first-order chi connectivity index (χ1) is 9.60. The van der Waals surface area contributed by atoms with Crippen LogP contribution in [0.15, 0.2) is 30.5 Å². The Labute approximate surface area is 121 Å². The number of nitrogens with zero attached hydrogens (tertiary/aromatic N) is 3. The van der Waals surface area contributed by atoms with Crippen LogP contribution < -0.4 is 11.1 Å². The number of halogens is 1. The van der Waals surface area contributed by atoms with Crippen molar-refractivity contribution >= 4 is 17.5 Å². The Kier molecular flexibility index (Phi) is 4.70. The molecule has 0 bridgehead atoms. The molecule has 0 unspecified atom stereocenters. The molecule has 2 rings (SSSR count). The van der Waals surface area contributed by atoms with Gasteiger partial charge in [0, 0.05) is 11.6 Å². The zero-order valence-corrected chi connectivity index (χ0v) is 11.8. The van der Waals surface area contributed by atoms with Gasteiger partial charge in [0.05, 0.1) is 18.8 Å². The predicted molar refractivity (Wildman–Crippen MR) is 76.4 cm³/mol. The zero-order chi connectivity index (χ0) is 14.5. The molecule has 20 heavy (non-hydrogen) atoms. The summed E-state index contributed by atoms with van der Waals surface area (Å²) in [5.74, 6) is -0.277. The van der Waals surface area contributed by atoms with E-state index in [1.165, 1.54) is 0 Å². The fourth-order valence-electron chi connectivity index (χ4n) is 1.77. The molecule has 106 valence electrons. The number of amides is 1. The Morgan fingerprint density at radius 3 is 3.05 bits per heavy atom. The zero-order valence-electron chi connectivity index (χ0n) is 11.1. The minimum absolute atomic E-state index is 0.166. The average molecular weight is 294 g/mol. The van der Waals surface area contributed by atoms with Crippen LogP contribution in [-0.4, -0.2) is 27.4 Å². The fraction of sp³-hybridized carbons (Fsp3) is 0.308. The van der Waals surface area contributed by atoms with Crippen molar-refractivity contribution in [2.24, 2.45) is 5.73 Å². The van der Waals surface area contributed by atoms with Crippen LogP contribution in [0, 0.1) is 0 Å². The highest BCUT2D eigenvalue weighted by Crippen LogP contribution is 2.17. The molecule has 0 aliphatic carbocycles. The Bertz CT molecular complexity index is 598. The van der Waals surface area contributed by atoms with Gasteiger partial charge in [0.1, 0.15) is 0 Å². The van der Waals surface area contributed by atoms with E-state index in [1.807, 2.05) is 25.1 Å². The lowest BCUT2D eigenvalue weighted by Crippen LogP contribution is -2.27. The maximum atomic E-state index is 12.0. The van der Waals surface area contributed by atoms with Gasteiger partial charge in [-0.25, -0.2) is 0 Å². The van der Waals surface area contributed by atoms with Gasteiger partial charge in [-0.2, -0.15) is 0 Å². The molecule has 1 amide bonds. The molecule has 3 N–H and O–H groups in total. The lowest BCUT2D eigenvalue weighted by atomic mass is 10.1. The van der Waals surface area contributed by atoms with Crippen LogP contribution in [0.2, 0.25) is 5.02 Å². The predicted octanol–water partition coefficient (Wildman–Crippen LogP) is 1.38. The summed E-state index contributed by atoms with van der Waals surface area (Å²) in [6.45, 7) is 2.86. The van der Waals surface area contributed by atoms with Gasteiger partial charge in [-0.3, -0.25) is 9.48 Å². The summed E-state index contributed by atoms with van der Waals surface area (Å²) in [4.78, 5) is 12.0. The van der Waals surface area contributed by atoms with Crippen LogP contribution >= 0.6 is 11.6 Å². The van der Waals surface area contributed by atoms with Crippen LogP contribution in [-0.2, 0) is 6.54 Å². The van der Waals surface area contributed by atoms with Crippen molar-refractivity contribution in [1.29, 1.82) is 0 Å². The summed E-state index contributed by atoms with van der Waals surface area (Å²) >= 11 is 5.93. The van der Waals surface area contributed by atoms with E-state index in [0.717, 1.165) is 5.56 Å². The lowest BCUT2D eigenvalue weighted by molar-refractivity contribution is 0.0934. The first kappa shape index (κ1) is 14.5. The highest BCUT2D eigenvalue weighted by atomic mass is 35.5. The molecule has 1 atom stereocenters. The highest BCUT2D eigenvalue weighted by molar-refractivity contribution is 6.30. The van der Waals surface area contributed by atoms with Crippen LogP contribution in [0.4, 0.5) is 0 Å². The normalized spacial score (nSPS) is 12.2. The van der Waals surface area contributed by atoms with Crippen LogP contribution in [0.3, 0.4) is 0 Å². The van der Waals surface area contributed by atoms with E-state index in [1.54, 1.807) is 16.9 Å². The Hall–Kier alpha value is -1.92. The molecule has 0 radical (unpaired) electrons. The molecule has 0 spiro atoms. The first-order valence-corrected chi connectivity index (χ1v) is 6.64. The molecule has 0 saturated carbocycles. The number of nitrogens with one attached hydrogen (secondary N) is 1. The summed E-state index contributed by atoms with van der Waals surface area (Å²) in [5, 5.41) is 11.1. The van der Waals surface area contributed by atoms with Gasteiger partial charge in [0.2, 0.25) is 0 Å². The standard InChI is InChI=1S/C13H16ClN5O/c1-9(10-3-2-4-11(14)7-10)16-13(20)12-8-19(6-5-15)18-17-12/h2-4,7-9H,5-6,15H2,1H3,(H,16,20)/t9-/m0/s1. The quantitative estimate of drug-likeness (QED) is 0.872. The first-order valence-electron chi connectivity index (χ1n) is 6.26. The Morgan fingerprint density at radius 1 is 1.55 bits per heavy atom. The third-order valence-electron chi connectivity index (χ3n) is 2.83. The van der Waals surface area contributed by atoms with Crippen LogP contribution in [0.1, 0.15) is 29.0 Å². The summed E-state index contributed by atoms with van der Waals surface area (Å²) in [6, 6.07) is 7.19. The van der Waals surface area contributed by atoms with E-state index in [9.17, 15) is 4.79 Å². The summed E-state index contributed by atoms with van der Waals surface area (Å²) < 4.78 is 1.54. The molecule has 1 aromatic heterocycles. The van der Waals surface area contributed by atoms with Crippen molar-refractivity contribution in [2.75, 3.05) is 6.54 Å². The molecular formula is C13H16ClN5O. The van der Waals surface area contributed by atoms with Gasteiger partial charge >= 0.3 is 0 Å². The van der Waals surface area contributed by atoms with Crippen molar-refractivity contribution in [3.8, 4) is 0 Å². The lowest BCUT2D eigenvalue weighted by Gasteiger charge is -2.13. The van der Waals surface area contributed by atoms with Crippen molar-refractivity contribution in [3.05, 3.63) is 46.7 Å². The van der Waals surface area contributed by atoms with E-state index < -0.39 is 0 Å². The van der Waals surface area contributed by atoms with E-state index in [2.05, 4.69) is 15.6 Å². The van der Waals surface area contributed by atoms with E-state index >= 15 is 0 Å². The molecule has 0 fully saturated rings. The number of carbonyl (C=O) groups is 1. The molecule has 0 aliphatic rings. The minimum atomic E-state index is -0.277. The largest absolute Gasteiger partial charge is 0.344 e. The third-order valence-corrected chi connectivity index (χ3v) is 3.06. The van der Waals surface area contributed by atoms with Gasteiger partial charge in [-0.15, -0.1) is 5.10 Å². The number of hydrogen-bond acceptors (Lipinski definition) is 4. The van der Waals surface area contributed by atoms with Crippen molar-refractivity contribution in [3.63, 3.8) is 0 Å². The minimum Gasteiger partial charge on any atom is -0.344 e. The van der Waals surface area contributed by atoms with Gasteiger partial charge in [-0.05, 0) is 24.6 Å². The number of hydrogen-bond donors (Lipinski definition) is 2. The number of carbonyl (C=O) groups excluding carboxylic acids is 1. The van der Waals surface area contributed by atoms with E-state index in [4.69, 9.17) is 17.3 Å². The second-order valence-corrected chi connectivity index (χ2v) is 4.84. The van der Waals surface area contributed by atoms with Gasteiger partial charge < -0.3 is 11.1 Å². The van der Waals surface area contributed by atoms with Gasteiger partial charge in [0.15, 0.2) is 5.69 Å². The van der Waals surface area contributed by atoms with Crippen molar-refractivity contribution in [2.45, 2.75) is 19.5 Å². The van der Waals surface area contributed by atoms with Crippen LogP contribution in [0.25, 0.3) is 0 Å². The molecule has 0 aliphatic heterocycles. The van der Waals surface area contributed by atoms with E-state index in [0.29, 0.717) is 18.1 Å². The van der Waals surface area contributed by atoms with Crippen molar-refractivity contribution < 1.29 is 4.79 Å². The molecule has 6 nitrogen and oxygen atoms in total. The monoisotopic (exact) mass is 293 g/mol. The highest BCUT2D eigenvalue weighted by Gasteiger charge is 2.14. The molecular weight excluding hydrogens is 278 g/mol. The number of benzene rings is 1. The average Bonchev–Trinajstić information content (AvgIpc) is 2.88. The summed E-state index contributed by atoms with van der Waals surface area (Å²) in [7, 11) is 0. The number of aromatic nitrogens is 3. The second kappa shape index (κ2) is 6.49. The third kappa shape index (κ3) is 3.55. The Balaban J connectivity index is 2.03. The number of rotatable bonds is 5. The topological polar surface area (TPSA) is 85.8 Å². The molecule has 2 aromatic rings. The SMILES string of the molecule is C[C@H](NC(=O)c1cn(CCN)nn1)c1cccc(Cl)c1. The Morgan fingerprint density at radius 2 is 2.35 bits per heavy atom. The van der Waals surface area contributed by atoms with Crippen molar-refractivity contribution in [1.82, 2.24) is 20.3 Å². The maximum Gasteiger partial charge on any atom is 0.273 e. The second-order valence-electron chi connectivity index (χ2n) is 4.41. The molecule has 1 aromatic carbocycles. The van der Waals surface area contributed by atoms with Gasteiger partial charge in [0.25, 0.3) is 5.91 Å². The summed E-state index contributed by atoms with van der Waals surface area (Å²) in [5.41, 5.74) is 6.62. The number of nitrogens with two attached hydrogens (primary N) is 1. The maximum absolute atomic E-state index is 12.0. The molecule has 1 heterocycles. The smallest absolute Gasteiger partial charge is 0.273 e. The fourth-order valence-corrected chi connectivity index (χ4v) is 1.97. The summed E-state index contributed by atoms with van der Waals surface area (Å²) in [6.07, 6.45) is 1.58.